The normalized spacial score (nSPS) is 8.27. The Labute approximate surface area is 76.2 Å². The summed E-state index contributed by atoms with van der Waals surface area (Å²) in [4.78, 5) is 9.56. The maximum absolute atomic E-state index is 9.56. The molecule has 0 aliphatic heterocycles. The molecule has 0 spiro atoms. The van der Waals surface area contributed by atoms with Gasteiger partial charge in [-0.1, -0.05) is 0 Å². The summed E-state index contributed by atoms with van der Waals surface area (Å²) in [7, 11) is -0.656. The quantitative estimate of drug-likeness (QED) is 0.271. The number of hydrogen-bond donors (Lipinski definition) is 0. The molecule has 0 fully saturated rings. The summed E-state index contributed by atoms with van der Waals surface area (Å²) in [5.74, 6) is 0. The largest absolute Gasteiger partial charge is 0.286 e. The molecular formula is C5H12N2OSSi2. The fraction of sp³-hybridized carbons (Fsp3) is 0.600. The van der Waals surface area contributed by atoms with Gasteiger partial charge >= 0.3 is 0 Å². The first-order valence-corrected chi connectivity index (χ1v) is 7.78. The van der Waals surface area contributed by atoms with E-state index in [2.05, 4.69) is 26.7 Å². The number of isocyanates is 1. The van der Waals surface area contributed by atoms with E-state index in [1.54, 1.807) is 6.08 Å². The van der Waals surface area contributed by atoms with E-state index in [9.17, 15) is 4.79 Å². The van der Waals surface area contributed by atoms with Gasteiger partial charge in [-0.15, -0.1) is 0 Å². The van der Waals surface area contributed by atoms with Gasteiger partial charge in [0.25, 0.3) is 0 Å². The van der Waals surface area contributed by atoms with Crippen molar-refractivity contribution in [3.8, 4) is 0 Å². The Morgan fingerprint density at radius 1 is 1.45 bits per heavy atom. The van der Waals surface area contributed by atoms with Crippen LogP contribution < -0.4 is 0 Å². The van der Waals surface area contributed by atoms with Crippen LogP contribution in [0.15, 0.2) is 9.32 Å². The van der Waals surface area contributed by atoms with Crippen LogP contribution in [0.4, 0.5) is 0 Å². The number of carbonyl (C=O) groups excluding carboxylic acids is 1. The van der Waals surface area contributed by atoms with Gasteiger partial charge in [0.15, 0.2) is 8.24 Å². The lowest BCUT2D eigenvalue weighted by atomic mass is 11.7. The molecule has 0 unspecified atom stereocenters. The van der Waals surface area contributed by atoms with Gasteiger partial charge < -0.3 is 0 Å². The predicted octanol–water partition coefficient (Wildman–Crippen LogP) is 0.527. The van der Waals surface area contributed by atoms with Crippen molar-refractivity contribution >= 4 is 42.1 Å². The molecule has 0 rings (SSSR count). The van der Waals surface area contributed by atoms with Gasteiger partial charge in [0.1, 0.15) is 10.4 Å². The Morgan fingerprint density at radius 2 is 1.82 bits per heavy atom. The van der Waals surface area contributed by atoms with E-state index in [1.165, 1.54) is 0 Å². The number of thiocarbonyl (C=S) groups is 1. The van der Waals surface area contributed by atoms with Crippen LogP contribution in [0.3, 0.4) is 0 Å². The molecule has 0 saturated carbocycles. The Hall–Kier alpha value is -0.386. The summed E-state index contributed by atoms with van der Waals surface area (Å²) in [5, 5.41) is 2.20. The molecular weight excluding hydrogens is 192 g/mol. The highest BCUT2D eigenvalue weighted by Crippen LogP contribution is 1.98. The molecule has 0 saturated heterocycles. The van der Waals surface area contributed by atoms with Gasteiger partial charge in [0.2, 0.25) is 6.08 Å². The SMILES string of the molecule is C[Si](C)(C)N=C=O.[SiH3]N=C=S. The summed E-state index contributed by atoms with van der Waals surface area (Å²) < 4.78 is 7.03. The van der Waals surface area contributed by atoms with Crippen molar-refractivity contribution in [3.63, 3.8) is 0 Å². The number of rotatable bonds is 1. The average molecular weight is 204 g/mol. The lowest BCUT2D eigenvalue weighted by Crippen LogP contribution is -2.14. The average Bonchev–Trinajstić information content (AvgIpc) is 1.86. The molecule has 3 nitrogen and oxygen atoms in total. The van der Waals surface area contributed by atoms with E-state index in [-0.39, 0.29) is 0 Å². The molecule has 0 heterocycles. The van der Waals surface area contributed by atoms with Crippen LogP contribution in [0.25, 0.3) is 0 Å². The second-order valence-corrected chi connectivity index (χ2v) is 7.88. The van der Waals surface area contributed by atoms with Crippen LogP contribution in [-0.2, 0) is 4.79 Å². The van der Waals surface area contributed by atoms with Crippen molar-refractivity contribution in [1.29, 1.82) is 0 Å². The molecule has 0 bridgehead atoms. The van der Waals surface area contributed by atoms with Crippen molar-refractivity contribution in [2.24, 2.45) is 9.32 Å². The van der Waals surface area contributed by atoms with Crippen LogP contribution >= 0.6 is 12.2 Å². The summed E-state index contributed by atoms with van der Waals surface area (Å²) in [6.07, 6.45) is 1.54. The van der Waals surface area contributed by atoms with Crippen LogP contribution in [0, 0.1) is 0 Å². The van der Waals surface area contributed by atoms with Crippen molar-refractivity contribution in [3.05, 3.63) is 0 Å². The van der Waals surface area contributed by atoms with Crippen molar-refractivity contribution in [2.45, 2.75) is 19.6 Å². The topological polar surface area (TPSA) is 41.8 Å². The van der Waals surface area contributed by atoms with Gasteiger partial charge in [-0.25, -0.2) is 9.45 Å². The van der Waals surface area contributed by atoms with E-state index in [4.69, 9.17) is 0 Å². The summed E-state index contributed by atoms with van der Waals surface area (Å²) in [6.45, 7) is 5.95. The van der Waals surface area contributed by atoms with E-state index in [0.29, 0.717) is 0 Å². The maximum atomic E-state index is 9.56. The fourth-order valence-electron chi connectivity index (χ4n) is 0.137. The molecule has 0 N–H and O–H groups in total. The van der Waals surface area contributed by atoms with E-state index < -0.39 is 8.24 Å². The Kier molecular flexibility index (Phi) is 9.28. The molecule has 0 aliphatic rings. The van der Waals surface area contributed by atoms with Crippen molar-refractivity contribution in [1.82, 2.24) is 0 Å². The highest BCUT2D eigenvalue weighted by Gasteiger charge is 2.09. The van der Waals surface area contributed by atoms with Gasteiger partial charge in [0, 0.05) is 5.16 Å². The zero-order valence-electron chi connectivity index (χ0n) is 7.21. The number of nitrogens with zero attached hydrogens (tertiary/aromatic N) is 2. The lowest BCUT2D eigenvalue weighted by molar-refractivity contribution is 0.566. The van der Waals surface area contributed by atoms with Gasteiger partial charge in [-0.2, -0.15) is 0 Å². The maximum Gasteiger partial charge on any atom is 0.224 e. The first-order valence-electron chi connectivity index (χ1n) is 3.03. The molecule has 0 aromatic rings. The van der Waals surface area contributed by atoms with Gasteiger partial charge in [0.05, 0.1) is 0 Å². The molecule has 6 heteroatoms. The third-order valence-electron chi connectivity index (χ3n) is 0.472. The lowest BCUT2D eigenvalue weighted by Gasteiger charge is -2.01. The van der Waals surface area contributed by atoms with E-state index >= 15 is 0 Å². The van der Waals surface area contributed by atoms with E-state index in [0.717, 1.165) is 10.4 Å². The molecule has 0 aromatic heterocycles. The Morgan fingerprint density at radius 3 is 1.82 bits per heavy atom. The van der Waals surface area contributed by atoms with Crippen LogP contribution in [0.2, 0.25) is 19.6 Å². The molecule has 62 valence electrons. The monoisotopic (exact) mass is 204 g/mol. The summed E-state index contributed by atoms with van der Waals surface area (Å²) in [5.41, 5.74) is 0. The highest BCUT2D eigenvalue weighted by atomic mass is 32.1. The molecule has 0 radical (unpaired) electrons. The zero-order valence-corrected chi connectivity index (χ0v) is 11.0. The minimum atomic E-state index is -1.46. The fourth-order valence-corrected chi connectivity index (χ4v) is 0.411. The van der Waals surface area contributed by atoms with Gasteiger partial charge in [-0.05, 0) is 31.9 Å². The second kappa shape index (κ2) is 7.72. The third kappa shape index (κ3) is 26.2. The van der Waals surface area contributed by atoms with Crippen molar-refractivity contribution in [2.75, 3.05) is 0 Å². The highest BCUT2D eigenvalue weighted by molar-refractivity contribution is 7.78. The molecule has 11 heavy (non-hydrogen) atoms. The Bertz CT molecular complexity index is 189. The van der Waals surface area contributed by atoms with E-state index in [1.807, 2.05) is 19.6 Å². The first kappa shape index (κ1) is 13.2. The smallest absolute Gasteiger partial charge is 0.224 e. The summed E-state index contributed by atoms with van der Waals surface area (Å²) >= 11 is 4.17. The third-order valence-corrected chi connectivity index (χ3v) is 1.96. The Balaban J connectivity index is 0. The number of hydrogen-bond acceptors (Lipinski definition) is 4. The van der Waals surface area contributed by atoms with Crippen molar-refractivity contribution < 1.29 is 4.79 Å². The molecule has 0 amide bonds. The minimum Gasteiger partial charge on any atom is -0.286 e. The summed E-state index contributed by atoms with van der Waals surface area (Å²) in [6, 6.07) is 0. The standard InChI is InChI=1S/C4H9NOSi.CH3NSSi/c1-7(2,3)5-4-6;3-1-2-4/h1-3H3;4H3. The molecule has 0 atom stereocenters. The van der Waals surface area contributed by atoms with Gasteiger partial charge in [-0.3, -0.25) is 4.66 Å². The molecule has 0 aliphatic carbocycles. The van der Waals surface area contributed by atoms with Crippen LogP contribution in [-0.4, -0.2) is 29.9 Å². The van der Waals surface area contributed by atoms with Crippen LogP contribution in [0.5, 0.6) is 0 Å². The predicted molar refractivity (Wildman–Crippen MR) is 56.4 cm³/mol. The zero-order chi connectivity index (χ0) is 9.33. The first-order chi connectivity index (χ1) is 4.97. The second-order valence-electron chi connectivity index (χ2n) is 2.69. The van der Waals surface area contributed by atoms with Crippen LogP contribution in [0.1, 0.15) is 0 Å². The molecule has 0 aromatic carbocycles. The number of isothiocyanates is 1. The minimum absolute atomic E-state index is 0.799.